The summed E-state index contributed by atoms with van der Waals surface area (Å²) in [5, 5.41) is 6.63. The van der Waals surface area contributed by atoms with Gasteiger partial charge in [-0.05, 0) is 13.3 Å². The number of nitrogens with one attached hydrogen (secondary N) is 2. The first kappa shape index (κ1) is 26.7. The molecule has 0 aromatic carbocycles. The maximum atomic E-state index is 13.7. The summed E-state index contributed by atoms with van der Waals surface area (Å²) in [5.74, 6) is -0.983. The third-order valence-electron chi connectivity index (χ3n) is 8.26. The molecule has 200 valence electrons. The Balaban J connectivity index is 1.35. The summed E-state index contributed by atoms with van der Waals surface area (Å²) in [7, 11) is 1.57. The highest BCUT2D eigenvalue weighted by Gasteiger charge is 2.72. The highest BCUT2D eigenvalue weighted by atomic mass is 16.6. The zero-order chi connectivity index (χ0) is 25.9. The van der Waals surface area contributed by atoms with E-state index in [4.69, 9.17) is 15.2 Å². The van der Waals surface area contributed by atoms with Crippen molar-refractivity contribution in [2.45, 2.75) is 95.9 Å². The van der Waals surface area contributed by atoms with E-state index in [9.17, 15) is 14.4 Å². The van der Waals surface area contributed by atoms with Gasteiger partial charge in [-0.3, -0.25) is 9.59 Å². The minimum absolute atomic E-state index is 0.0430. The molecule has 4 atom stereocenters. The number of amides is 1. The SMILES string of the molecule is CCCCCCCCCCCCNC1=C(C)C(=O)C2=C(C1=O)[C@H](COC(N)=O)[C@]1(OC)[C@@H]3N[C@@H]3CN21. The Morgan fingerprint density at radius 1 is 1.08 bits per heavy atom. The number of carbonyl (C=O) groups is 3. The Hall–Kier alpha value is -2.39. The third kappa shape index (κ3) is 4.79. The minimum atomic E-state index is -0.942. The fourth-order valence-corrected chi connectivity index (χ4v) is 6.33. The molecular weight excluding hydrogens is 460 g/mol. The van der Waals surface area contributed by atoms with Crippen LogP contribution in [0.5, 0.6) is 0 Å². The molecule has 0 spiro atoms. The molecule has 9 heteroatoms. The van der Waals surface area contributed by atoms with E-state index in [1.165, 1.54) is 51.4 Å². The highest BCUT2D eigenvalue weighted by Crippen LogP contribution is 2.55. The zero-order valence-electron chi connectivity index (χ0n) is 22.0. The molecule has 0 radical (unpaired) electrons. The lowest BCUT2D eigenvalue weighted by atomic mass is 9.82. The first-order chi connectivity index (χ1) is 17.4. The summed E-state index contributed by atoms with van der Waals surface area (Å²) in [6, 6.07) is 0.136. The van der Waals surface area contributed by atoms with Gasteiger partial charge in [-0.15, -0.1) is 0 Å². The number of nitrogens with zero attached hydrogens (tertiary/aromatic N) is 1. The van der Waals surface area contributed by atoms with Crippen LogP contribution in [0.1, 0.15) is 78.1 Å². The molecule has 0 saturated carbocycles. The minimum Gasteiger partial charge on any atom is -0.449 e. The molecule has 0 unspecified atom stereocenters. The number of carbonyl (C=O) groups excluding carboxylic acids is 3. The van der Waals surface area contributed by atoms with Gasteiger partial charge in [-0.1, -0.05) is 64.7 Å². The normalized spacial score (nSPS) is 28.4. The van der Waals surface area contributed by atoms with Crippen LogP contribution in [0.4, 0.5) is 4.79 Å². The van der Waals surface area contributed by atoms with E-state index >= 15 is 0 Å². The van der Waals surface area contributed by atoms with E-state index in [0.717, 1.165) is 12.8 Å². The fourth-order valence-electron chi connectivity index (χ4n) is 6.33. The smallest absolute Gasteiger partial charge is 0.404 e. The molecule has 0 aromatic heterocycles. The van der Waals surface area contributed by atoms with Crippen molar-refractivity contribution in [3.8, 4) is 0 Å². The molecular formula is C27H42N4O5. The summed E-state index contributed by atoms with van der Waals surface area (Å²) in [6.07, 6.45) is 11.4. The van der Waals surface area contributed by atoms with Gasteiger partial charge in [-0.25, -0.2) is 4.79 Å². The fraction of sp³-hybridized carbons (Fsp3) is 0.741. The van der Waals surface area contributed by atoms with Gasteiger partial charge in [0.2, 0.25) is 11.6 Å². The number of unbranched alkanes of at least 4 members (excludes halogenated alkanes) is 9. The molecule has 2 saturated heterocycles. The van der Waals surface area contributed by atoms with E-state index in [-0.39, 0.29) is 30.3 Å². The van der Waals surface area contributed by atoms with E-state index in [1.807, 2.05) is 4.90 Å². The van der Waals surface area contributed by atoms with Gasteiger partial charge < -0.3 is 30.7 Å². The van der Waals surface area contributed by atoms with Crippen molar-refractivity contribution in [3.63, 3.8) is 0 Å². The van der Waals surface area contributed by atoms with Crippen molar-refractivity contribution in [2.24, 2.45) is 11.7 Å². The molecule has 1 aliphatic carbocycles. The quantitative estimate of drug-likeness (QED) is 0.177. The van der Waals surface area contributed by atoms with Gasteiger partial charge in [0, 0.05) is 37.4 Å². The van der Waals surface area contributed by atoms with Crippen LogP contribution in [0.2, 0.25) is 0 Å². The Morgan fingerprint density at radius 3 is 2.33 bits per heavy atom. The molecule has 0 bridgehead atoms. The van der Waals surface area contributed by atoms with Gasteiger partial charge in [0.1, 0.15) is 6.61 Å². The number of hydrogen-bond donors (Lipinski definition) is 3. The second-order valence-corrected chi connectivity index (χ2v) is 10.5. The number of allylic oxidation sites excluding steroid dienone is 2. The van der Waals surface area contributed by atoms with Crippen molar-refractivity contribution < 1.29 is 23.9 Å². The summed E-state index contributed by atoms with van der Waals surface area (Å²) in [4.78, 5) is 40.6. The molecule has 4 rings (SSSR count). The van der Waals surface area contributed by atoms with Crippen LogP contribution in [-0.2, 0) is 19.1 Å². The number of piperazine rings is 1. The molecule has 0 aromatic rings. The van der Waals surface area contributed by atoms with Crippen molar-refractivity contribution in [3.05, 3.63) is 22.5 Å². The average molecular weight is 503 g/mol. The van der Waals surface area contributed by atoms with Gasteiger partial charge in [-0.2, -0.15) is 0 Å². The third-order valence-corrected chi connectivity index (χ3v) is 8.26. The Morgan fingerprint density at radius 2 is 1.72 bits per heavy atom. The van der Waals surface area contributed by atoms with E-state index in [2.05, 4.69) is 17.6 Å². The Bertz CT molecular complexity index is 944. The number of ether oxygens (including phenoxy) is 2. The lowest BCUT2D eigenvalue weighted by molar-refractivity contribution is -0.137. The van der Waals surface area contributed by atoms with E-state index in [1.54, 1.807) is 14.0 Å². The van der Waals surface area contributed by atoms with Crippen molar-refractivity contribution in [1.29, 1.82) is 0 Å². The Labute approximate surface area is 214 Å². The lowest BCUT2D eigenvalue weighted by Gasteiger charge is -2.39. The number of rotatable bonds is 15. The monoisotopic (exact) mass is 502 g/mol. The second-order valence-electron chi connectivity index (χ2n) is 10.5. The second kappa shape index (κ2) is 11.3. The van der Waals surface area contributed by atoms with Crippen LogP contribution >= 0.6 is 0 Å². The van der Waals surface area contributed by atoms with Gasteiger partial charge in [0.05, 0.1) is 23.4 Å². The predicted octanol–water partition coefficient (Wildman–Crippen LogP) is 2.90. The zero-order valence-corrected chi connectivity index (χ0v) is 22.0. The standard InChI is InChI=1S/C27H42N4O5/c1-4-5-6-7-8-9-10-11-12-13-14-29-21-17(2)23(32)22-20(24(21)33)18(16-36-26(28)34)27(35-3)25-19(30-25)15-31(22)27/h18-19,25,29-30H,4-16H2,1-3H3,(H2,28,34)/t18-,19+,25+,27-/m0/s1. The number of fused-ring (bicyclic) bond motifs is 4. The molecule has 4 aliphatic rings. The molecule has 4 N–H and O–H groups in total. The number of primary amides is 1. The van der Waals surface area contributed by atoms with Crippen molar-refractivity contribution in [1.82, 2.24) is 15.5 Å². The first-order valence-corrected chi connectivity index (χ1v) is 13.7. The van der Waals surface area contributed by atoms with Crippen LogP contribution in [0.15, 0.2) is 22.5 Å². The summed E-state index contributed by atoms with van der Waals surface area (Å²) in [6.45, 7) is 5.03. The number of hydrogen-bond acceptors (Lipinski definition) is 8. The molecule has 3 heterocycles. The van der Waals surface area contributed by atoms with Crippen molar-refractivity contribution in [2.75, 3.05) is 26.8 Å². The number of methoxy groups -OCH3 is 1. The lowest BCUT2D eigenvalue weighted by Crippen LogP contribution is -2.55. The molecule has 9 nitrogen and oxygen atoms in total. The van der Waals surface area contributed by atoms with Crippen LogP contribution in [0.3, 0.4) is 0 Å². The van der Waals surface area contributed by atoms with Gasteiger partial charge >= 0.3 is 6.09 Å². The van der Waals surface area contributed by atoms with Crippen LogP contribution in [0, 0.1) is 5.92 Å². The summed E-state index contributed by atoms with van der Waals surface area (Å²) < 4.78 is 11.2. The number of nitrogens with two attached hydrogens (primary N) is 1. The van der Waals surface area contributed by atoms with Crippen LogP contribution in [0.25, 0.3) is 0 Å². The maximum Gasteiger partial charge on any atom is 0.404 e. The van der Waals surface area contributed by atoms with E-state index < -0.39 is 17.7 Å². The maximum absolute atomic E-state index is 13.7. The number of Topliss-reactive ketones (excluding diaryl/α,β-unsaturated/α-hetero) is 2. The van der Waals surface area contributed by atoms with Crippen LogP contribution in [-0.4, -0.2) is 67.2 Å². The van der Waals surface area contributed by atoms with Gasteiger partial charge in [0.25, 0.3) is 0 Å². The average Bonchev–Trinajstić information content (AvgIpc) is 3.47. The number of ketones is 2. The van der Waals surface area contributed by atoms with E-state index in [0.29, 0.717) is 35.6 Å². The van der Waals surface area contributed by atoms with Crippen molar-refractivity contribution >= 4 is 17.7 Å². The topological polar surface area (TPSA) is 133 Å². The summed E-state index contributed by atoms with van der Waals surface area (Å²) in [5.41, 5.74) is 5.84. The Kier molecular flexibility index (Phi) is 8.40. The van der Waals surface area contributed by atoms with Crippen LogP contribution < -0.4 is 16.4 Å². The predicted molar refractivity (Wildman–Crippen MR) is 136 cm³/mol. The molecule has 36 heavy (non-hydrogen) atoms. The molecule has 3 aliphatic heterocycles. The highest BCUT2D eigenvalue weighted by molar-refractivity contribution is 6.25. The van der Waals surface area contributed by atoms with Gasteiger partial charge in [0.15, 0.2) is 5.72 Å². The largest absolute Gasteiger partial charge is 0.449 e. The summed E-state index contributed by atoms with van der Waals surface area (Å²) >= 11 is 0. The molecule has 1 amide bonds. The molecule has 2 fully saturated rings. The first-order valence-electron chi connectivity index (χ1n) is 13.7.